The highest BCUT2D eigenvalue weighted by molar-refractivity contribution is 5.75. The Morgan fingerprint density at radius 3 is 3.16 bits per heavy atom. The van der Waals surface area contributed by atoms with Crippen molar-refractivity contribution in [3.05, 3.63) is 28.4 Å². The minimum Gasteiger partial charge on any atom is -0.467 e. The SMILES string of the molecule is COC(=O)C1CN(c2cc([N+](=O)[O-])ccn2)CCO1. The molecule has 0 N–H and O–H groups in total. The Hall–Kier alpha value is -2.22. The lowest BCUT2D eigenvalue weighted by molar-refractivity contribution is -0.384. The zero-order chi connectivity index (χ0) is 13.8. The summed E-state index contributed by atoms with van der Waals surface area (Å²) in [5, 5.41) is 10.7. The maximum absolute atomic E-state index is 11.4. The van der Waals surface area contributed by atoms with Crippen LogP contribution >= 0.6 is 0 Å². The van der Waals surface area contributed by atoms with Gasteiger partial charge < -0.3 is 14.4 Å². The normalized spacial score (nSPS) is 19.0. The van der Waals surface area contributed by atoms with Crippen molar-refractivity contribution in [3.8, 4) is 0 Å². The number of nitro groups is 1. The third kappa shape index (κ3) is 2.97. The minimum absolute atomic E-state index is 0.0360. The highest BCUT2D eigenvalue weighted by Crippen LogP contribution is 2.20. The summed E-state index contributed by atoms with van der Waals surface area (Å²) < 4.78 is 9.90. The number of pyridine rings is 1. The van der Waals surface area contributed by atoms with Crippen molar-refractivity contribution >= 4 is 17.5 Å². The van der Waals surface area contributed by atoms with Crippen LogP contribution in [-0.2, 0) is 14.3 Å². The van der Waals surface area contributed by atoms with Crippen LogP contribution in [0.3, 0.4) is 0 Å². The van der Waals surface area contributed by atoms with Crippen LogP contribution in [0.15, 0.2) is 18.3 Å². The first-order valence-electron chi connectivity index (χ1n) is 5.66. The maximum atomic E-state index is 11.4. The number of ether oxygens (including phenoxy) is 2. The molecule has 1 atom stereocenters. The summed E-state index contributed by atoms with van der Waals surface area (Å²) in [5.74, 6) is -0.0125. The number of nitrogens with zero attached hydrogens (tertiary/aromatic N) is 3. The minimum atomic E-state index is -0.695. The van der Waals surface area contributed by atoms with Crippen LogP contribution in [0.4, 0.5) is 11.5 Å². The molecule has 1 fully saturated rings. The molecule has 2 heterocycles. The number of hydrogen-bond acceptors (Lipinski definition) is 7. The predicted molar refractivity (Wildman–Crippen MR) is 64.9 cm³/mol. The van der Waals surface area contributed by atoms with Gasteiger partial charge in [-0.05, 0) is 0 Å². The second-order valence-electron chi connectivity index (χ2n) is 3.96. The van der Waals surface area contributed by atoms with E-state index in [1.165, 1.54) is 25.4 Å². The summed E-state index contributed by atoms with van der Waals surface area (Å²) in [4.78, 5) is 27.5. The number of methoxy groups -OCH3 is 1. The molecule has 0 saturated carbocycles. The summed E-state index contributed by atoms with van der Waals surface area (Å²) in [6, 6.07) is 2.70. The van der Waals surface area contributed by atoms with Crippen LogP contribution in [0.5, 0.6) is 0 Å². The van der Waals surface area contributed by atoms with Crippen molar-refractivity contribution < 1.29 is 19.2 Å². The zero-order valence-corrected chi connectivity index (χ0v) is 10.3. The molecular weight excluding hydrogens is 254 g/mol. The average molecular weight is 267 g/mol. The molecule has 1 aliphatic rings. The van der Waals surface area contributed by atoms with E-state index in [0.717, 1.165) is 0 Å². The molecule has 0 radical (unpaired) electrons. The quantitative estimate of drug-likeness (QED) is 0.443. The molecule has 102 valence electrons. The van der Waals surface area contributed by atoms with Gasteiger partial charge >= 0.3 is 5.97 Å². The summed E-state index contributed by atoms with van der Waals surface area (Å²) in [6.45, 7) is 1.12. The van der Waals surface area contributed by atoms with E-state index in [1.54, 1.807) is 4.90 Å². The van der Waals surface area contributed by atoms with Gasteiger partial charge in [0.2, 0.25) is 0 Å². The van der Waals surface area contributed by atoms with E-state index in [2.05, 4.69) is 9.72 Å². The summed E-state index contributed by atoms with van der Waals surface area (Å²) in [6.07, 6.45) is 0.676. The number of morpholine rings is 1. The topological polar surface area (TPSA) is 94.8 Å². The van der Waals surface area contributed by atoms with Gasteiger partial charge in [0, 0.05) is 18.8 Å². The predicted octanol–water partition coefficient (Wildman–Crippen LogP) is 0.368. The fourth-order valence-electron chi connectivity index (χ4n) is 1.83. The number of esters is 1. The second kappa shape index (κ2) is 5.61. The zero-order valence-electron chi connectivity index (χ0n) is 10.3. The van der Waals surface area contributed by atoms with Gasteiger partial charge in [-0.15, -0.1) is 0 Å². The monoisotopic (exact) mass is 267 g/mol. The standard InChI is InChI=1S/C11H13N3O5/c1-18-11(15)9-7-13(4-5-19-9)10-6-8(14(16)17)2-3-12-10/h2-3,6,9H,4-5,7H2,1H3. The van der Waals surface area contributed by atoms with Crippen LogP contribution in [0.1, 0.15) is 0 Å². The molecule has 1 saturated heterocycles. The third-order valence-electron chi connectivity index (χ3n) is 2.79. The van der Waals surface area contributed by atoms with E-state index in [-0.39, 0.29) is 12.2 Å². The first kappa shape index (κ1) is 13.2. The fraction of sp³-hybridized carbons (Fsp3) is 0.455. The Bertz CT molecular complexity index is 493. The Kier molecular flexibility index (Phi) is 3.91. The van der Waals surface area contributed by atoms with Gasteiger partial charge in [-0.3, -0.25) is 10.1 Å². The van der Waals surface area contributed by atoms with Crippen molar-refractivity contribution in [2.45, 2.75) is 6.10 Å². The van der Waals surface area contributed by atoms with Gasteiger partial charge in [-0.1, -0.05) is 0 Å². The number of hydrogen-bond donors (Lipinski definition) is 0. The fourth-order valence-corrected chi connectivity index (χ4v) is 1.83. The molecule has 0 amide bonds. The smallest absolute Gasteiger partial charge is 0.336 e. The van der Waals surface area contributed by atoms with Crippen LogP contribution < -0.4 is 4.90 Å². The molecule has 1 unspecified atom stereocenters. The lowest BCUT2D eigenvalue weighted by atomic mass is 10.2. The van der Waals surface area contributed by atoms with Crippen LogP contribution in [-0.4, -0.2) is 48.8 Å². The molecule has 1 aliphatic heterocycles. The maximum Gasteiger partial charge on any atom is 0.336 e. The summed E-state index contributed by atoms with van der Waals surface area (Å²) in [5.41, 5.74) is -0.0360. The molecule has 19 heavy (non-hydrogen) atoms. The van der Waals surface area contributed by atoms with E-state index in [4.69, 9.17) is 4.74 Å². The van der Waals surface area contributed by atoms with E-state index < -0.39 is 17.0 Å². The second-order valence-corrected chi connectivity index (χ2v) is 3.96. The van der Waals surface area contributed by atoms with Gasteiger partial charge in [-0.25, -0.2) is 9.78 Å². The molecule has 0 aromatic carbocycles. The number of aromatic nitrogens is 1. The first-order valence-corrected chi connectivity index (χ1v) is 5.66. The third-order valence-corrected chi connectivity index (χ3v) is 2.79. The summed E-state index contributed by atoms with van der Waals surface area (Å²) in [7, 11) is 1.29. The van der Waals surface area contributed by atoms with E-state index in [1.807, 2.05) is 0 Å². The summed E-state index contributed by atoms with van der Waals surface area (Å²) >= 11 is 0. The molecule has 1 aromatic heterocycles. The van der Waals surface area contributed by atoms with Crippen molar-refractivity contribution in [3.63, 3.8) is 0 Å². The van der Waals surface area contributed by atoms with Crippen molar-refractivity contribution in [2.24, 2.45) is 0 Å². The average Bonchev–Trinajstić information content (AvgIpc) is 2.46. The number of anilines is 1. The van der Waals surface area contributed by atoms with Crippen LogP contribution in [0, 0.1) is 10.1 Å². The van der Waals surface area contributed by atoms with Crippen LogP contribution in [0.25, 0.3) is 0 Å². The lowest BCUT2D eigenvalue weighted by Crippen LogP contribution is -2.46. The van der Waals surface area contributed by atoms with Crippen LogP contribution in [0.2, 0.25) is 0 Å². The Morgan fingerprint density at radius 1 is 1.68 bits per heavy atom. The van der Waals surface area contributed by atoms with E-state index >= 15 is 0 Å². The highest BCUT2D eigenvalue weighted by atomic mass is 16.6. The van der Waals surface area contributed by atoms with Crippen molar-refractivity contribution in [1.29, 1.82) is 0 Å². The molecule has 0 spiro atoms. The lowest BCUT2D eigenvalue weighted by Gasteiger charge is -2.32. The largest absolute Gasteiger partial charge is 0.467 e. The first-order chi connectivity index (χ1) is 9.11. The Balaban J connectivity index is 2.15. The molecule has 1 aromatic rings. The molecule has 0 aliphatic carbocycles. The Labute approximate surface area is 109 Å². The van der Waals surface area contributed by atoms with Gasteiger partial charge in [0.1, 0.15) is 5.82 Å². The van der Waals surface area contributed by atoms with Crippen molar-refractivity contribution in [1.82, 2.24) is 4.98 Å². The molecular formula is C11H13N3O5. The van der Waals surface area contributed by atoms with Gasteiger partial charge in [0.05, 0.1) is 31.3 Å². The van der Waals surface area contributed by atoms with E-state index in [9.17, 15) is 14.9 Å². The van der Waals surface area contributed by atoms with Crippen molar-refractivity contribution in [2.75, 3.05) is 31.7 Å². The van der Waals surface area contributed by atoms with Gasteiger partial charge in [0.15, 0.2) is 6.10 Å². The van der Waals surface area contributed by atoms with Gasteiger partial charge in [0.25, 0.3) is 5.69 Å². The number of rotatable bonds is 3. The molecule has 2 rings (SSSR count). The molecule has 8 nitrogen and oxygen atoms in total. The molecule has 0 bridgehead atoms. The number of carbonyl (C=O) groups is 1. The van der Waals surface area contributed by atoms with E-state index in [0.29, 0.717) is 19.0 Å². The van der Waals surface area contributed by atoms with Gasteiger partial charge in [-0.2, -0.15) is 0 Å². The molecule has 8 heteroatoms. The Morgan fingerprint density at radius 2 is 2.47 bits per heavy atom. The highest BCUT2D eigenvalue weighted by Gasteiger charge is 2.28. The number of carbonyl (C=O) groups excluding carboxylic acids is 1.